The third kappa shape index (κ3) is 2.21. The Morgan fingerprint density at radius 1 is 1.12 bits per heavy atom. The molecule has 2 heterocycles. The molecule has 1 aromatic heterocycles. The highest BCUT2D eigenvalue weighted by Crippen LogP contribution is 2.39. The predicted molar refractivity (Wildman–Crippen MR) is 93.7 cm³/mol. The van der Waals surface area contributed by atoms with Crippen molar-refractivity contribution in [2.24, 2.45) is 0 Å². The molecule has 24 heavy (non-hydrogen) atoms. The Kier molecular flexibility index (Phi) is 3.41. The molecular weight excluding hydrogens is 300 g/mol. The van der Waals surface area contributed by atoms with Crippen LogP contribution in [0.4, 0.5) is 5.69 Å². The Labute approximate surface area is 140 Å². The van der Waals surface area contributed by atoms with Crippen molar-refractivity contribution in [2.45, 2.75) is 20.4 Å². The fraction of sp³-hybridized carbons (Fsp3) is 0.211. The Bertz CT molecular complexity index is 914. The van der Waals surface area contributed by atoms with Crippen LogP contribution in [0.3, 0.4) is 0 Å². The molecule has 5 nitrogen and oxygen atoms in total. The summed E-state index contributed by atoms with van der Waals surface area (Å²) in [6.45, 7) is 4.89. The minimum absolute atomic E-state index is 0.0332. The number of benzene rings is 2. The molecule has 1 aliphatic rings. The van der Waals surface area contributed by atoms with Gasteiger partial charge >= 0.3 is 0 Å². The van der Waals surface area contributed by atoms with Gasteiger partial charge in [0, 0.05) is 17.7 Å². The third-order valence-electron chi connectivity index (χ3n) is 4.38. The maximum Gasteiger partial charge on any atom is 0.248 e. The fourth-order valence-electron chi connectivity index (χ4n) is 3.25. The van der Waals surface area contributed by atoms with Crippen LogP contribution in [-0.4, -0.2) is 27.4 Å². The van der Waals surface area contributed by atoms with E-state index in [4.69, 9.17) is 0 Å². The largest absolute Gasteiger partial charge is 0.310 e. The number of aromatic nitrogens is 3. The monoisotopic (exact) mass is 318 g/mol. The van der Waals surface area contributed by atoms with E-state index in [0.717, 1.165) is 33.8 Å². The summed E-state index contributed by atoms with van der Waals surface area (Å²) in [7, 11) is 0. The average Bonchev–Trinajstić information content (AvgIpc) is 2.96. The third-order valence-corrected chi connectivity index (χ3v) is 4.38. The molecule has 0 unspecified atom stereocenters. The lowest BCUT2D eigenvalue weighted by atomic mass is 10.0. The van der Waals surface area contributed by atoms with Crippen molar-refractivity contribution in [1.29, 1.82) is 0 Å². The number of likely N-dealkylation sites (N-methyl/N-ethyl adjacent to an activating group) is 1. The van der Waals surface area contributed by atoms with Gasteiger partial charge in [0.25, 0.3) is 0 Å². The van der Waals surface area contributed by atoms with Gasteiger partial charge in [0.2, 0.25) is 5.91 Å². The molecule has 0 bridgehead atoms. The van der Waals surface area contributed by atoms with Crippen LogP contribution in [0.15, 0.2) is 48.5 Å². The zero-order valence-corrected chi connectivity index (χ0v) is 13.7. The van der Waals surface area contributed by atoms with Gasteiger partial charge in [-0.1, -0.05) is 47.2 Å². The second kappa shape index (κ2) is 5.60. The van der Waals surface area contributed by atoms with Gasteiger partial charge in [-0.15, -0.1) is 5.10 Å². The lowest BCUT2D eigenvalue weighted by molar-refractivity contribution is -0.119. The first-order valence-electron chi connectivity index (χ1n) is 8.09. The summed E-state index contributed by atoms with van der Waals surface area (Å²) in [4.78, 5) is 14.5. The molecular formula is C19H18N4O. The smallest absolute Gasteiger partial charge is 0.248 e. The van der Waals surface area contributed by atoms with Gasteiger partial charge in [0.15, 0.2) is 0 Å². The van der Waals surface area contributed by atoms with Crippen molar-refractivity contribution in [1.82, 2.24) is 15.0 Å². The van der Waals surface area contributed by atoms with E-state index in [1.54, 1.807) is 4.68 Å². The highest BCUT2D eigenvalue weighted by atomic mass is 16.2. The normalized spacial score (nSPS) is 13.4. The molecule has 5 heteroatoms. The molecule has 0 saturated carbocycles. The summed E-state index contributed by atoms with van der Waals surface area (Å²) in [5.74, 6) is 0.0332. The quantitative estimate of drug-likeness (QED) is 0.728. The predicted octanol–water partition coefficient (Wildman–Crippen LogP) is 3.29. The summed E-state index contributed by atoms with van der Waals surface area (Å²) in [6.07, 6.45) is 0. The number of hydrogen-bond acceptors (Lipinski definition) is 3. The van der Waals surface area contributed by atoms with Crippen LogP contribution in [0.5, 0.6) is 0 Å². The summed E-state index contributed by atoms with van der Waals surface area (Å²) in [6, 6.07) is 16.1. The summed E-state index contributed by atoms with van der Waals surface area (Å²) >= 11 is 0. The minimum Gasteiger partial charge on any atom is -0.310 e. The zero-order chi connectivity index (χ0) is 16.7. The van der Waals surface area contributed by atoms with Crippen LogP contribution in [-0.2, 0) is 11.3 Å². The van der Waals surface area contributed by atoms with Gasteiger partial charge in [-0.05, 0) is 26.0 Å². The molecule has 0 spiro atoms. The van der Waals surface area contributed by atoms with Gasteiger partial charge in [-0.2, -0.15) is 0 Å². The Hall–Kier alpha value is -2.95. The van der Waals surface area contributed by atoms with E-state index in [-0.39, 0.29) is 12.5 Å². The lowest BCUT2D eigenvalue weighted by Crippen LogP contribution is -2.32. The fourth-order valence-corrected chi connectivity index (χ4v) is 3.25. The molecule has 1 aliphatic heterocycles. The van der Waals surface area contributed by atoms with Crippen molar-refractivity contribution in [3.05, 3.63) is 54.1 Å². The van der Waals surface area contributed by atoms with E-state index < -0.39 is 0 Å². The zero-order valence-electron chi connectivity index (χ0n) is 13.7. The first kappa shape index (κ1) is 14.6. The van der Waals surface area contributed by atoms with Crippen molar-refractivity contribution >= 4 is 11.6 Å². The molecule has 120 valence electrons. The number of anilines is 1. The van der Waals surface area contributed by atoms with E-state index in [0.29, 0.717) is 6.54 Å². The maximum absolute atomic E-state index is 12.6. The highest BCUT2D eigenvalue weighted by molar-refractivity contribution is 6.01. The lowest BCUT2D eigenvalue weighted by Gasteiger charge is -2.21. The Morgan fingerprint density at radius 3 is 2.67 bits per heavy atom. The maximum atomic E-state index is 12.6. The van der Waals surface area contributed by atoms with Crippen molar-refractivity contribution in [3.8, 4) is 22.5 Å². The number of hydrogen-bond donors (Lipinski definition) is 0. The van der Waals surface area contributed by atoms with E-state index in [1.807, 2.05) is 54.3 Å². The molecule has 2 aromatic carbocycles. The number of fused-ring (bicyclic) bond motifs is 3. The SMILES string of the molecule is CCN1C(=O)Cn2nnc(-c3ccccc3)c2-c2cc(C)ccc21. The van der Waals surface area contributed by atoms with Crippen LogP contribution in [0.1, 0.15) is 12.5 Å². The molecule has 3 aromatic rings. The molecule has 0 radical (unpaired) electrons. The summed E-state index contributed by atoms with van der Waals surface area (Å²) in [5.41, 5.74) is 5.80. The number of aryl methyl sites for hydroxylation is 1. The molecule has 0 saturated heterocycles. The van der Waals surface area contributed by atoms with Crippen LogP contribution < -0.4 is 4.90 Å². The standard InChI is InChI=1S/C19H18N4O/c1-3-22-16-10-9-13(2)11-15(16)19-18(14-7-5-4-6-8-14)20-21-23(19)12-17(22)24/h4-11H,3,12H2,1-2H3. The second-order valence-electron chi connectivity index (χ2n) is 5.97. The first-order chi connectivity index (χ1) is 11.7. The second-order valence-corrected chi connectivity index (χ2v) is 5.97. The van der Waals surface area contributed by atoms with E-state index in [2.05, 4.69) is 23.3 Å². The van der Waals surface area contributed by atoms with Crippen LogP contribution in [0, 0.1) is 6.92 Å². The van der Waals surface area contributed by atoms with Gasteiger partial charge in [0.1, 0.15) is 12.2 Å². The number of amides is 1. The van der Waals surface area contributed by atoms with Crippen molar-refractivity contribution in [3.63, 3.8) is 0 Å². The highest BCUT2D eigenvalue weighted by Gasteiger charge is 2.28. The molecule has 0 aliphatic carbocycles. The number of carbonyl (C=O) groups is 1. The first-order valence-corrected chi connectivity index (χ1v) is 8.09. The van der Waals surface area contributed by atoms with E-state index >= 15 is 0 Å². The van der Waals surface area contributed by atoms with E-state index in [1.165, 1.54) is 0 Å². The van der Waals surface area contributed by atoms with Gasteiger partial charge in [-0.25, -0.2) is 4.68 Å². The van der Waals surface area contributed by atoms with Crippen LogP contribution >= 0.6 is 0 Å². The molecule has 0 N–H and O–H groups in total. The summed E-state index contributed by atoms with van der Waals surface area (Å²) in [5, 5.41) is 8.63. The molecule has 0 atom stereocenters. The topological polar surface area (TPSA) is 51.0 Å². The Morgan fingerprint density at radius 2 is 1.92 bits per heavy atom. The Balaban J connectivity index is 2.02. The molecule has 0 fully saturated rings. The number of nitrogens with zero attached hydrogens (tertiary/aromatic N) is 4. The van der Waals surface area contributed by atoms with Gasteiger partial charge in [-0.3, -0.25) is 4.79 Å². The van der Waals surface area contributed by atoms with Crippen molar-refractivity contribution < 1.29 is 4.79 Å². The van der Waals surface area contributed by atoms with Gasteiger partial charge in [0.05, 0.1) is 11.4 Å². The van der Waals surface area contributed by atoms with Crippen LogP contribution in [0.2, 0.25) is 0 Å². The average molecular weight is 318 g/mol. The van der Waals surface area contributed by atoms with Crippen molar-refractivity contribution in [2.75, 3.05) is 11.4 Å². The molecule has 1 amide bonds. The summed E-state index contributed by atoms with van der Waals surface area (Å²) < 4.78 is 1.72. The number of carbonyl (C=O) groups excluding carboxylic acids is 1. The van der Waals surface area contributed by atoms with Gasteiger partial charge < -0.3 is 4.90 Å². The molecule has 4 rings (SSSR count). The number of rotatable bonds is 2. The van der Waals surface area contributed by atoms with Crippen LogP contribution in [0.25, 0.3) is 22.5 Å². The van der Waals surface area contributed by atoms with E-state index in [9.17, 15) is 4.79 Å². The minimum atomic E-state index is 0.0332.